The van der Waals surface area contributed by atoms with Gasteiger partial charge in [-0.25, -0.2) is 4.39 Å². The van der Waals surface area contributed by atoms with Gasteiger partial charge in [-0.15, -0.1) is 0 Å². The van der Waals surface area contributed by atoms with E-state index < -0.39 is 0 Å². The third-order valence-electron chi connectivity index (χ3n) is 6.70. The van der Waals surface area contributed by atoms with Gasteiger partial charge in [-0.1, -0.05) is 12.1 Å². The first kappa shape index (κ1) is 23.2. The molecule has 176 valence electrons. The van der Waals surface area contributed by atoms with Gasteiger partial charge >= 0.3 is 0 Å². The number of rotatable bonds is 7. The predicted molar refractivity (Wildman–Crippen MR) is 125 cm³/mol. The van der Waals surface area contributed by atoms with Crippen molar-refractivity contribution < 1.29 is 18.7 Å². The number of piperidine rings is 1. The van der Waals surface area contributed by atoms with Crippen LogP contribution >= 0.6 is 0 Å². The molecule has 2 aliphatic heterocycles. The Morgan fingerprint density at radius 1 is 1.09 bits per heavy atom. The number of carbonyl (C=O) groups excluding carboxylic acids is 2. The molecule has 2 heterocycles. The Kier molecular flexibility index (Phi) is 7.60. The van der Waals surface area contributed by atoms with Crippen LogP contribution in [0.5, 0.6) is 5.75 Å². The van der Waals surface area contributed by atoms with Gasteiger partial charge in [-0.3, -0.25) is 14.5 Å². The number of likely N-dealkylation sites (tertiary alicyclic amines) is 2. The lowest BCUT2D eigenvalue weighted by Crippen LogP contribution is -2.47. The van der Waals surface area contributed by atoms with Crippen molar-refractivity contribution >= 4 is 11.8 Å². The summed E-state index contributed by atoms with van der Waals surface area (Å²) in [5, 5.41) is 3.16. The fourth-order valence-electron chi connectivity index (χ4n) is 4.85. The van der Waals surface area contributed by atoms with Gasteiger partial charge in [0.2, 0.25) is 5.91 Å². The number of hydrogen-bond donors (Lipinski definition) is 1. The van der Waals surface area contributed by atoms with E-state index in [2.05, 4.69) is 16.3 Å². The molecule has 6 nitrogen and oxygen atoms in total. The summed E-state index contributed by atoms with van der Waals surface area (Å²) >= 11 is 0. The molecule has 0 bridgehead atoms. The fraction of sp³-hybridized carbons (Fsp3) is 0.462. The Morgan fingerprint density at radius 2 is 1.85 bits per heavy atom. The van der Waals surface area contributed by atoms with Crippen molar-refractivity contribution in [2.75, 3.05) is 39.8 Å². The quantitative estimate of drug-likeness (QED) is 0.695. The van der Waals surface area contributed by atoms with Crippen LogP contribution in [0.4, 0.5) is 4.39 Å². The molecule has 2 aromatic rings. The molecule has 0 saturated carbocycles. The second-order valence-corrected chi connectivity index (χ2v) is 8.88. The molecule has 7 heteroatoms. The molecule has 2 amide bonds. The van der Waals surface area contributed by atoms with E-state index in [0.29, 0.717) is 25.2 Å². The highest BCUT2D eigenvalue weighted by Crippen LogP contribution is 2.27. The summed E-state index contributed by atoms with van der Waals surface area (Å²) in [5.74, 6) is 0.0292. The monoisotopic (exact) mass is 453 g/mol. The summed E-state index contributed by atoms with van der Waals surface area (Å²) < 4.78 is 18.6. The third kappa shape index (κ3) is 5.71. The average molecular weight is 454 g/mol. The molecule has 4 rings (SSSR count). The van der Waals surface area contributed by atoms with E-state index in [1.165, 1.54) is 24.3 Å². The molecular formula is C26H32FN3O3. The summed E-state index contributed by atoms with van der Waals surface area (Å²) in [6.07, 6.45) is 3.86. The lowest BCUT2D eigenvalue weighted by molar-refractivity contribution is -0.126. The van der Waals surface area contributed by atoms with Crippen LogP contribution in [0, 0.1) is 11.7 Å². The van der Waals surface area contributed by atoms with Crippen LogP contribution < -0.4 is 10.1 Å². The van der Waals surface area contributed by atoms with Crippen molar-refractivity contribution in [3.8, 4) is 5.75 Å². The number of hydrogen-bond acceptors (Lipinski definition) is 4. The van der Waals surface area contributed by atoms with Gasteiger partial charge in [0.05, 0.1) is 19.1 Å². The summed E-state index contributed by atoms with van der Waals surface area (Å²) in [5.41, 5.74) is 1.58. The maximum absolute atomic E-state index is 13.2. The van der Waals surface area contributed by atoms with Gasteiger partial charge in [-0.2, -0.15) is 0 Å². The van der Waals surface area contributed by atoms with Crippen LogP contribution in [-0.2, 0) is 4.79 Å². The molecule has 2 unspecified atom stereocenters. The number of nitrogens with zero attached hydrogens (tertiary/aromatic N) is 2. The number of halogens is 1. The van der Waals surface area contributed by atoms with E-state index in [-0.39, 0.29) is 29.6 Å². The summed E-state index contributed by atoms with van der Waals surface area (Å²) in [7, 11) is 1.66. The minimum Gasteiger partial charge on any atom is -0.497 e. The summed E-state index contributed by atoms with van der Waals surface area (Å²) in [6, 6.07) is 13.7. The van der Waals surface area contributed by atoms with Crippen LogP contribution in [-0.4, -0.2) is 61.4 Å². The molecule has 0 radical (unpaired) electrons. The molecule has 2 fully saturated rings. The highest BCUT2D eigenvalue weighted by atomic mass is 19.1. The van der Waals surface area contributed by atoms with Crippen LogP contribution in [0.2, 0.25) is 0 Å². The van der Waals surface area contributed by atoms with E-state index >= 15 is 0 Å². The molecule has 2 aliphatic rings. The van der Waals surface area contributed by atoms with E-state index in [0.717, 1.165) is 50.1 Å². The van der Waals surface area contributed by atoms with Gasteiger partial charge < -0.3 is 15.0 Å². The van der Waals surface area contributed by atoms with E-state index in [1.807, 2.05) is 18.2 Å². The van der Waals surface area contributed by atoms with Crippen LogP contribution in [0.1, 0.15) is 47.6 Å². The first-order valence-corrected chi connectivity index (χ1v) is 11.8. The van der Waals surface area contributed by atoms with Gasteiger partial charge in [0.1, 0.15) is 11.6 Å². The zero-order valence-corrected chi connectivity index (χ0v) is 19.1. The predicted octanol–water partition coefficient (Wildman–Crippen LogP) is 3.64. The average Bonchev–Trinajstić information content (AvgIpc) is 3.39. The van der Waals surface area contributed by atoms with E-state index in [4.69, 9.17) is 4.74 Å². The number of benzene rings is 2. The Labute approximate surface area is 194 Å². The molecule has 1 N–H and O–H groups in total. The van der Waals surface area contributed by atoms with Crippen molar-refractivity contribution in [3.63, 3.8) is 0 Å². The third-order valence-corrected chi connectivity index (χ3v) is 6.70. The van der Waals surface area contributed by atoms with Gasteiger partial charge in [0.25, 0.3) is 5.91 Å². The molecular weight excluding hydrogens is 421 g/mol. The minimum atomic E-state index is -0.369. The second-order valence-electron chi connectivity index (χ2n) is 8.88. The number of methoxy groups -OCH3 is 1. The first-order chi connectivity index (χ1) is 16.0. The highest BCUT2D eigenvalue weighted by molar-refractivity contribution is 5.94. The number of ether oxygens (including phenoxy) is 1. The van der Waals surface area contributed by atoms with Crippen molar-refractivity contribution in [2.24, 2.45) is 5.92 Å². The lowest BCUT2D eigenvalue weighted by atomic mass is 9.96. The normalized spacial score (nSPS) is 19.8. The van der Waals surface area contributed by atoms with E-state index in [9.17, 15) is 14.0 Å². The van der Waals surface area contributed by atoms with Crippen LogP contribution in [0.15, 0.2) is 48.5 Å². The van der Waals surface area contributed by atoms with Gasteiger partial charge in [0.15, 0.2) is 0 Å². The number of amides is 2. The molecule has 2 atom stereocenters. The topological polar surface area (TPSA) is 61.9 Å². The number of carbonyl (C=O) groups is 2. The first-order valence-electron chi connectivity index (χ1n) is 11.8. The molecule has 0 aliphatic carbocycles. The molecule has 2 saturated heterocycles. The van der Waals surface area contributed by atoms with Gasteiger partial charge in [-0.05, 0) is 80.7 Å². The smallest absolute Gasteiger partial charge is 0.253 e. The Bertz CT molecular complexity index is 960. The van der Waals surface area contributed by atoms with Crippen LogP contribution in [0.3, 0.4) is 0 Å². The molecule has 2 aromatic carbocycles. The Balaban J connectivity index is 1.39. The maximum Gasteiger partial charge on any atom is 0.253 e. The summed E-state index contributed by atoms with van der Waals surface area (Å²) in [6.45, 7) is 3.55. The van der Waals surface area contributed by atoms with Crippen LogP contribution in [0.25, 0.3) is 0 Å². The highest BCUT2D eigenvalue weighted by Gasteiger charge is 2.30. The molecule has 0 aromatic heterocycles. The standard InChI is InChI=1S/C26H32FN3O3/c1-33-23-8-4-6-20(16-23)24(29-13-2-3-14-29)17-28-25(31)21-7-5-15-30(18-21)26(32)19-9-11-22(27)12-10-19/h4,6,8-12,16,21,24H,2-3,5,7,13-15,17-18H2,1H3,(H,28,31). The zero-order valence-electron chi connectivity index (χ0n) is 19.1. The van der Waals surface area contributed by atoms with Gasteiger partial charge in [0, 0.05) is 25.2 Å². The Morgan fingerprint density at radius 3 is 2.58 bits per heavy atom. The largest absolute Gasteiger partial charge is 0.497 e. The maximum atomic E-state index is 13.2. The molecule has 33 heavy (non-hydrogen) atoms. The van der Waals surface area contributed by atoms with Crippen molar-refractivity contribution in [1.29, 1.82) is 0 Å². The Hall–Kier alpha value is -2.93. The zero-order chi connectivity index (χ0) is 23.2. The number of nitrogens with one attached hydrogen (secondary N) is 1. The summed E-state index contributed by atoms with van der Waals surface area (Å²) in [4.78, 5) is 30.0. The second kappa shape index (κ2) is 10.8. The minimum absolute atomic E-state index is 0.0151. The molecule has 0 spiro atoms. The lowest BCUT2D eigenvalue weighted by Gasteiger charge is -2.33. The van der Waals surface area contributed by atoms with Crippen molar-refractivity contribution in [3.05, 3.63) is 65.5 Å². The van der Waals surface area contributed by atoms with Crippen molar-refractivity contribution in [1.82, 2.24) is 15.1 Å². The van der Waals surface area contributed by atoms with E-state index in [1.54, 1.807) is 12.0 Å². The van der Waals surface area contributed by atoms with Crippen molar-refractivity contribution in [2.45, 2.75) is 31.7 Å². The SMILES string of the molecule is COc1cccc(C(CNC(=O)C2CCCN(C(=O)c3ccc(F)cc3)C2)N2CCCC2)c1. The fourth-order valence-corrected chi connectivity index (χ4v) is 4.85.